The van der Waals surface area contributed by atoms with Crippen LogP contribution < -0.4 is 5.32 Å². The molecule has 0 radical (unpaired) electrons. The van der Waals surface area contributed by atoms with Gasteiger partial charge in [-0.05, 0) is 54.2 Å². The Kier molecular flexibility index (Phi) is 9.93. The molecule has 0 aliphatic heterocycles. The van der Waals surface area contributed by atoms with E-state index in [2.05, 4.69) is 65.6 Å². The highest BCUT2D eigenvalue weighted by Gasteiger charge is 2.30. The molecular weight excluding hydrogens is 366 g/mol. The van der Waals surface area contributed by atoms with Gasteiger partial charge in [-0.15, -0.1) is 0 Å². The minimum Gasteiger partial charge on any atom is -0.459 e. The summed E-state index contributed by atoms with van der Waals surface area (Å²) < 4.78 is 9.92. The molecule has 162 valence electrons. The molecule has 1 rings (SSSR count). The Morgan fingerprint density at radius 3 is 1.86 bits per heavy atom. The van der Waals surface area contributed by atoms with Crippen molar-refractivity contribution < 1.29 is 19.1 Å². The maximum atomic E-state index is 11.9. The normalized spacial score (nSPS) is 12.4. The summed E-state index contributed by atoms with van der Waals surface area (Å²) in [7, 11) is 0. The van der Waals surface area contributed by atoms with Gasteiger partial charge in [-0.25, -0.2) is 9.59 Å². The highest BCUT2D eigenvalue weighted by molar-refractivity contribution is 5.87. The lowest BCUT2D eigenvalue weighted by Gasteiger charge is -2.36. The fourth-order valence-electron chi connectivity index (χ4n) is 3.99. The molecule has 0 aliphatic carbocycles. The predicted octanol–water partition coefficient (Wildman–Crippen LogP) is 6.02. The molecule has 0 saturated carbocycles. The highest BCUT2D eigenvalue weighted by Crippen LogP contribution is 2.40. The number of carbonyl (C=O) groups excluding carboxylic acids is 2. The van der Waals surface area contributed by atoms with Crippen LogP contribution in [0.5, 0.6) is 0 Å². The molecule has 0 saturated heterocycles. The molecule has 1 unspecified atom stereocenters. The predicted molar refractivity (Wildman–Crippen MR) is 118 cm³/mol. The van der Waals surface area contributed by atoms with Crippen LogP contribution in [-0.2, 0) is 14.3 Å². The van der Waals surface area contributed by atoms with E-state index in [1.54, 1.807) is 6.92 Å². The first-order chi connectivity index (χ1) is 13.5. The molecule has 0 spiro atoms. The first kappa shape index (κ1) is 24.7. The second kappa shape index (κ2) is 11.6. The largest absolute Gasteiger partial charge is 0.459 e. The van der Waals surface area contributed by atoms with Crippen molar-refractivity contribution in [3.8, 4) is 0 Å². The summed E-state index contributed by atoms with van der Waals surface area (Å²) in [4.78, 5) is 23.2. The van der Waals surface area contributed by atoms with Crippen molar-refractivity contribution in [2.24, 2.45) is 23.7 Å². The van der Waals surface area contributed by atoms with Crippen LogP contribution in [0.3, 0.4) is 0 Å². The van der Waals surface area contributed by atoms with Gasteiger partial charge in [0.15, 0.2) is 0 Å². The van der Waals surface area contributed by atoms with Crippen LogP contribution in [0, 0.1) is 23.7 Å². The maximum absolute atomic E-state index is 11.9. The maximum Gasteiger partial charge on any atom is 0.411 e. The number of amides is 1. The Balaban J connectivity index is 2.68. The number of anilines is 1. The molecule has 0 heterocycles. The standard InChI is InChI=1S/C24H37NO4/c1-15(2)21(16(3)4)22(17(5)6)19-9-11-20(12-10-19)25-24(27)29-14-13-28-23(26)18(7)8/h9-12,15-17,21-22H,7,13-14H2,1-6,8H3,(H,25,27). The molecule has 5 heteroatoms. The average Bonchev–Trinajstić information content (AvgIpc) is 2.62. The van der Waals surface area contributed by atoms with Gasteiger partial charge in [-0.2, -0.15) is 0 Å². The molecule has 1 aromatic carbocycles. The highest BCUT2D eigenvalue weighted by atomic mass is 16.6. The van der Waals surface area contributed by atoms with E-state index >= 15 is 0 Å². The summed E-state index contributed by atoms with van der Waals surface area (Å²) in [6.07, 6.45) is -0.577. The van der Waals surface area contributed by atoms with Crippen LogP contribution in [-0.4, -0.2) is 25.3 Å². The van der Waals surface area contributed by atoms with Crippen LogP contribution in [0.25, 0.3) is 0 Å². The Bertz CT molecular complexity index is 669. The zero-order valence-corrected chi connectivity index (χ0v) is 19.0. The fourth-order valence-corrected chi connectivity index (χ4v) is 3.99. The van der Waals surface area contributed by atoms with Crippen LogP contribution >= 0.6 is 0 Å². The van der Waals surface area contributed by atoms with Crippen molar-refractivity contribution in [2.75, 3.05) is 18.5 Å². The summed E-state index contributed by atoms with van der Waals surface area (Å²) in [5.41, 5.74) is 2.27. The number of esters is 1. The molecule has 0 aromatic heterocycles. The lowest BCUT2D eigenvalue weighted by molar-refractivity contribution is -0.139. The molecule has 0 aliphatic rings. The van der Waals surface area contributed by atoms with Gasteiger partial charge in [0.2, 0.25) is 0 Å². The van der Waals surface area contributed by atoms with Gasteiger partial charge in [0.25, 0.3) is 0 Å². The van der Waals surface area contributed by atoms with E-state index in [1.165, 1.54) is 5.56 Å². The Labute approximate surface area is 175 Å². The third-order valence-corrected chi connectivity index (χ3v) is 5.11. The first-order valence-electron chi connectivity index (χ1n) is 10.4. The number of nitrogens with one attached hydrogen (secondary N) is 1. The van der Waals surface area contributed by atoms with Gasteiger partial charge in [0.05, 0.1) is 0 Å². The summed E-state index contributed by atoms with van der Waals surface area (Å²) in [5, 5.41) is 2.70. The number of benzene rings is 1. The second-order valence-electron chi connectivity index (χ2n) is 8.63. The number of ether oxygens (including phenoxy) is 2. The summed E-state index contributed by atoms with van der Waals surface area (Å²) in [6.45, 7) is 18.7. The summed E-state index contributed by atoms with van der Waals surface area (Å²) in [6, 6.07) is 7.99. The average molecular weight is 404 g/mol. The molecule has 1 aromatic rings. The smallest absolute Gasteiger partial charge is 0.411 e. The molecule has 0 bridgehead atoms. The van der Waals surface area contributed by atoms with E-state index in [4.69, 9.17) is 9.47 Å². The van der Waals surface area contributed by atoms with Crippen molar-refractivity contribution >= 4 is 17.7 Å². The van der Waals surface area contributed by atoms with E-state index in [0.717, 1.165) is 0 Å². The van der Waals surface area contributed by atoms with Crippen molar-refractivity contribution in [1.82, 2.24) is 0 Å². The fraction of sp³-hybridized carbons (Fsp3) is 0.583. The van der Waals surface area contributed by atoms with Crippen molar-refractivity contribution in [1.29, 1.82) is 0 Å². The van der Waals surface area contributed by atoms with Crippen LogP contribution in [0.4, 0.5) is 10.5 Å². The van der Waals surface area contributed by atoms with Gasteiger partial charge < -0.3 is 9.47 Å². The second-order valence-corrected chi connectivity index (χ2v) is 8.63. The van der Waals surface area contributed by atoms with Crippen molar-refractivity contribution in [3.05, 3.63) is 42.0 Å². The van der Waals surface area contributed by atoms with Gasteiger partial charge >= 0.3 is 12.1 Å². The van der Waals surface area contributed by atoms with E-state index < -0.39 is 12.1 Å². The van der Waals surface area contributed by atoms with Crippen molar-refractivity contribution in [3.63, 3.8) is 0 Å². The number of carbonyl (C=O) groups is 2. The summed E-state index contributed by atoms with van der Waals surface area (Å²) >= 11 is 0. The number of hydrogen-bond acceptors (Lipinski definition) is 4. The van der Waals surface area contributed by atoms with Crippen LogP contribution in [0.1, 0.15) is 59.9 Å². The Morgan fingerprint density at radius 1 is 0.897 bits per heavy atom. The third-order valence-electron chi connectivity index (χ3n) is 5.11. The topological polar surface area (TPSA) is 64.6 Å². The Hall–Kier alpha value is -2.30. The lowest BCUT2D eigenvalue weighted by Crippen LogP contribution is -2.27. The number of rotatable bonds is 10. The van der Waals surface area contributed by atoms with E-state index in [9.17, 15) is 9.59 Å². The van der Waals surface area contributed by atoms with Crippen molar-refractivity contribution in [2.45, 2.75) is 54.4 Å². The first-order valence-corrected chi connectivity index (χ1v) is 10.4. The van der Waals surface area contributed by atoms with Gasteiger partial charge in [-0.3, -0.25) is 5.32 Å². The molecule has 0 fully saturated rings. The van der Waals surface area contributed by atoms with Gasteiger partial charge in [0, 0.05) is 11.3 Å². The minimum absolute atomic E-state index is 0.0000869. The van der Waals surface area contributed by atoms with Crippen LogP contribution in [0.2, 0.25) is 0 Å². The Morgan fingerprint density at radius 2 is 1.41 bits per heavy atom. The third kappa shape index (κ3) is 7.92. The zero-order valence-electron chi connectivity index (χ0n) is 19.0. The van der Waals surface area contributed by atoms with E-state index in [0.29, 0.717) is 40.9 Å². The van der Waals surface area contributed by atoms with Gasteiger partial charge in [0.1, 0.15) is 13.2 Å². The molecule has 29 heavy (non-hydrogen) atoms. The van der Waals surface area contributed by atoms with E-state index in [1.807, 2.05) is 12.1 Å². The molecule has 5 nitrogen and oxygen atoms in total. The monoisotopic (exact) mass is 403 g/mol. The van der Waals surface area contributed by atoms with Crippen LogP contribution in [0.15, 0.2) is 36.4 Å². The quantitative estimate of drug-likeness (QED) is 0.295. The SMILES string of the molecule is C=C(C)C(=O)OCCOC(=O)Nc1ccc(C(C(C)C)C(C(C)C)C(C)C)cc1. The molecular formula is C24H37NO4. The molecule has 1 N–H and O–H groups in total. The zero-order chi connectivity index (χ0) is 22.1. The number of hydrogen-bond donors (Lipinski definition) is 1. The van der Waals surface area contributed by atoms with Gasteiger partial charge in [-0.1, -0.05) is 60.3 Å². The minimum atomic E-state index is -0.577. The molecule has 1 atom stereocenters. The van der Waals surface area contributed by atoms with E-state index in [-0.39, 0.29) is 13.2 Å². The lowest BCUT2D eigenvalue weighted by atomic mass is 9.68. The molecule has 1 amide bonds. The summed E-state index contributed by atoms with van der Waals surface area (Å²) in [5.74, 6) is 2.25.